The van der Waals surface area contributed by atoms with E-state index in [1.54, 1.807) is 11.3 Å². The highest BCUT2D eigenvalue weighted by Crippen LogP contribution is 2.71. The van der Waals surface area contributed by atoms with E-state index in [2.05, 4.69) is 112 Å². The van der Waals surface area contributed by atoms with E-state index in [4.69, 9.17) is 9.31 Å². The number of rotatable bonds is 3. The molecule has 0 atom stereocenters. The molecule has 0 radical (unpaired) electrons. The van der Waals surface area contributed by atoms with Gasteiger partial charge in [0.25, 0.3) is 0 Å². The van der Waals surface area contributed by atoms with Crippen molar-refractivity contribution in [2.75, 3.05) is 0 Å². The Morgan fingerprint density at radius 1 is 0.737 bits per heavy atom. The van der Waals surface area contributed by atoms with E-state index in [-0.39, 0.29) is 29.0 Å². The molecule has 0 amide bonds. The van der Waals surface area contributed by atoms with Gasteiger partial charge < -0.3 is 9.31 Å². The summed E-state index contributed by atoms with van der Waals surface area (Å²) in [4.78, 5) is 3.98. The van der Waals surface area contributed by atoms with E-state index in [0.29, 0.717) is 0 Å². The Balaban J connectivity index is 1.30. The molecule has 5 aliphatic rings. The van der Waals surface area contributed by atoms with Gasteiger partial charge in [-0.05, 0) is 84.7 Å². The van der Waals surface area contributed by atoms with Crippen LogP contribution in [0.1, 0.15) is 65.6 Å². The third-order valence-corrected chi connectivity index (χ3v) is 12.6. The molecule has 2 aromatic carbocycles. The van der Waals surface area contributed by atoms with Crippen LogP contribution < -0.4 is 4.78 Å². The van der Waals surface area contributed by atoms with E-state index in [0.717, 1.165) is 4.78 Å². The Hall–Kier alpha value is -2.35. The SMILES string of the molecule is CC1(C)OB(c2ccc(C3=CC4=C(c5cccs5)C5c6ccccc6C4(S3)c3ccccc35)s2)OC1(C)C. The van der Waals surface area contributed by atoms with E-state index in [1.165, 1.54) is 48.1 Å². The minimum atomic E-state index is -0.343. The van der Waals surface area contributed by atoms with Crippen LogP contribution in [0, 0.1) is 0 Å². The summed E-state index contributed by atoms with van der Waals surface area (Å²) >= 11 is 5.67. The summed E-state index contributed by atoms with van der Waals surface area (Å²) in [7, 11) is -0.329. The van der Waals surface area contributed by atoms with Gasteiger partial charge in [0.2, 0.25) is 0 Å². The highest BCUT2D eigenvalue weighted by molar-refractivity contribution is 8.10. The van der Waals surface area contributed by atoms with E-state index in [9.17, 15) is 0 Å². The fourth-order valence-corrected chi connectivity index (χ4v) is 9.96. The summed E-state index contributed by atoms with van der Waals surface area (Å²) in [6.07, 6.45) is 2.48. The van der Waals surface area contributed by atoms with Crippen LogP contribution in [0.3, 0.4) is 0 Å². The Morgan fingerprint density at radius 3 is 2.03 bits per heavy atom. The molecule has 0 saturated carbocycles. The summed E-state index contributed by atoms with van der Waals surface area (Å²) in [6, 6.07) is 27.2. The average molecular weight is 551 g/mol. The van der Waals surface area contributed by atoms with Crippen molar-refractivity contribution in [1.29, 1.82) is 0 Å². The molecule has 2 aliphatic heterocycles. The van der Waals surface area contributed by atoms with Crippen molar-refractivity contribution in [3.8, 4) is 0 Å². The maximum atomic E-state index is 6.38. The molecule has 6 heteroatoms. The Morgan fingerprint density at radius 2 is 1.39 bits per heavy atom. The van der Waals surface area contributed by atoms with Gasteiger partial charge in [-0.1, -0.05) is 60.7 Å². The Kier molecular flexibility index (Phi) is 4.87. The van der Waals surface area contributed by atoms with Gasteiger partial charge >= 0.3 is 7.12 Å². The Labute approximate surface area is 236 Å². The van der Waals surface area contributed by atoms with E-state index in [1.807, 2.05) is 23.1 Å². The van der Waals surface area contributed by atoms with Crippen molar-refractivity contribution >= 4 is 56.8 Å². The van der Waals surface area contributed by atoms with Gasteiger partial charge in [0.15, 0.2) is 0 Å². The topological polar surface area (TPSA) is 18.5 Å². The smallest absolute Gasteiger partial charge is 0.399 e. The van der Waals surface area contributed by atoms with Crippen LogP contribution >= 0.6 is 34.4 Å². The molecule has 38 heavy (non-hydrogen) atoms. The second-order valence-electron chi connectivity index (χ2n) is 11.5. The standard InChI is InChI=1S/C32H27BO2S3/c1-30(2)31(3,4)35-33(34-30)27-16-15-24(37-27)26-18-23-29(25-14-9-17-36-25)28-19-10-5-7-12-21(19)32(23,38-26)22-13-8-6-11-20(22)28/h5-18,28H,1-4H3. The van der Waals surface area contributed by atoms with Crippen LogP contribution in [-0.4, -0.2) is 18.3 Å². The number of hydrogen-bond acceptors (Lipinski definition) is 5. The van der Waals surface area contributed by atoms with Gasteiger partial charge in [-0.25, -0.2) is 0 Å². The normalized spacial score (nSPS) is 25.8. The third-order valence-electron chi connectivity index (χ3n) is 8.94. The van der Waals surface area contributed by atoms with Crippen LogP contribution in [-0.2, 0) is 14.1 Å². The molecule has 2 bridgehead atoms. The minimum absolute atomic E-state index is 0.231. The van der Waals surface area contributed by atoms with Gasteiger partial charge in [0.1, 0.15) is 0 Å². The lowest BCUT2D eigenvalue weighted by atomic mass is 9.60. The van der Waals surface area contributed by atoms with Crippen molar-refractivity contribution in [3.05, 3.63) is 122 Å². The number of hydrogen-bond donors (Lipinski definition) is 0. The minimum Gasteiger partial charge on any atom is -0.399 e. The highest BCUT2D eigenvalue weighted by atomic mass is 32.2. The maximum Gasteiger partial charge on any atom is 0.505 e. The summed E-state index contributed by atoms with van der Waals surface area (Å²) in [5.74, 6) is 0.262. The van der Waals surface area contributed by atoms with Crippen LogP contribution in [0.4, 0.5) is 0 Å². The maximum absolute atomic E-state index is 6.38. The van der Waals surface area contributed by atoms with Crippen LogP contribution in [0.25, 0.3) is 10.5 Å². The largest absolute Gasteiger partial charge is 0.505 e. The lowest BCUT2D eigenvalue weighted by Gasteiger charge is -2.48. The molecule has 4 heterocycles. The molecule has 0 unspecified atom stereocenters. The third kappa shape index (κ3) is 2.98. The van der Waals surface area contributed by atoms with Gasteiger partial charge in [-0.15, -0.1) is 34.4 Å². The number of thioether (sulfide) groups is 1. The zero-order valence-electron chi connectivity index (χ0n) is 21.8. The zero-order valence-corrected chi connectivity index (χ0v) is 24.2. The van der Waals surface area contributed by atoms with Crippen molar-refractivity contribution in [2.45, 2.75) is 49.6 Å². The Bertz CT molecular complexity index is 1610. The predicted molar refractivity (Wildman–Crippen MR) is 162 cm³/mol. The van der Waals surface area contributed by atoms with Crippen LogP contribution in [0.15, 0.2) is 89.8 Å². The molecule has 2 aromatic heterocycles. The first kappa shape index (κ1) is 23.5. The predicted octanol–water partition coefficient (Wildman–Crippen LogP) is 8.05. The molecule has 2 nitrogen and oxygen atoms in total. The van der Waals surface area contributed by atoms with Crippen LogP contribution in [0.2, 0.25) is 0 Å². The first-order chi connectivity index (χ1) is 18.3. The van der Waals surface area contributed by atoms with E-state index < -0.39 is 0 Å². The van der Waals surface area contributed by atoms with Crippen molar-refractivity contribution in [3.63, 3.8) is 0 Å². The summed E-state index contributed by atoms with van der Waals surface area (Å²) in [5.41, 5.74) is 8.02. The fourth-order valence-electron chi connectivity index (χ4n) is 6.47. The fraction of sp³-hybridized carbons (Fsp3) is 0.250. The lowest BCUT2D eigenvalue weighted by molar-refractivity contribution is 0.00578. The molecule has 1 saturated heterocycles. The first-order valence-corrected chi connectivity index (χ1v) is 15.7. The molecular weight excluding hydrogens is 523 g/mol. The summed E-state index contributed by atoms with van der Waals surface area (Å²) < 4.78 is 13.7. The molecule has 3 aliphatic carbocycles. The molecule has 1 fully saturated rings. The monoisotopic (exact) mass is 550 g/mol. The van der Waals surface area contributed by atoms with Gasteiger partial charge in [-0.2, -0.15) is 0 Å². The second kappa shape index (κ2) is 7.86. The summed E-state index contributed by atoms with van der Waals surface area (Å²) in [5, 5.41) is 2.21. The average Bonchev–Trinajstić information content (AvgIpc) is 3.70. The summed E-state index contributed by atoms with van der Waals surface area (Å²) in [6.45, 7) is 8.46. The molecular formula is C32H27BO2S3. The number of benzene rings is 2. The number of thiophene rings is 2. The van der Waals surface area contributed by atoms with Gasteiger partial charge in [-0.3, -0.25) is 0 Å². The molecule has 9 rings (SSSR count). The van der Waals surface area contributed by atoms with Crippen molar-refractivity contribution in [1.82, 2.24) is 0 Å². The first-order valence-electron chi connectivity index (χ1n) is 13.1. The highest BCUT2D eigenvalue weighted by Gasteiger charge is 2.56. The van der Waals surface area contributed by atoms with E-state index >= 15 is 0 Å². The van der Waals surface area contributed by atoms with Crippen molar-refractivity contribution < 1.29 is 9.31 Å². The lowest BCUT2D eigenvalue weighted by Crippen LogP contribution is -2.41. The molecule has 4 aromatic rings. The van der Waals surface area contributed by atoms with Crippen LogP contribution in [0.5, 0.6) is 0 Å². The second-order valence-corrected chi connectivity index (χ2v) is 14.8. The van der Waals surface area contributed by atoms with Gasteiger partial charge in [0, 0.05) is 25.4 Å². The van der Waals surface area contributed by atoms with Gasteiger partial charge in [0.05, 0.1) is 15.9 Å². The van der Waals surface area contributed by atoms with Crippen molar-refractivity contribution in [2.24, 2.45) is 0 Å². The quantitative estimate of drug-likeness (QED) is 0.241. The molecule has 0 N–H and O–H groups in total. The number of allylic oxidation sites excluding steroid dienone is 2. The zero-order chi connectivity index (χ0) is 25.9. The molecule has 188 valence electrons. The molecule has 1 spiro atoms.